The molecular formula is C24H32N4O3. The number of fused-ring (bicyclic) bond motifs is 2. The third kappa shape index (κ3) is 4.36. The van der Waals surface area contributed by atoms with Crippen molar-refractivity contribution in [2.24, 2.45) is 23.0 Å². The molecule has 4 rings (SSSR count). The van der Waals surface area contributed by atoms with Gasteiger partial charge in [0.25, 0.3) is 5.91 Å². The van der Waals surface area contributed by atoms with Crippen LogP contribution in [-0.4, -0.2) is 44.4 Å². The summed E-state index contributed by atoms with van der Waals surface area (Å²) in [5.41, 5.74) is 6.50. The van der Waals surface area contributed by atoms with Crippen LogP contribution in [0.2, 0.25) is 0 Å². The molecule has 1 aromatic carbocycles. The van der Waals surface area contributed by atoms with Gasteiger partial charge in [-0.3, -0.25) is 19.1 Å². The summed E-state index contributed by atoms with van der Waals surface area (Å²) in [7, 11) is 0. The van der Waals surface area contributed by atoms with Gasteiger partial charge >= 0.3 is 0 Å². The molecule has 1 aromatic heterocycles. The van der Waals surface area contributed by atoms with E-state index in [0.717, 1.165) is 19.3 Å². The van der Waals surface area contributed by atoms with Gasteiger partial charge in [-0.25, -0.2) is 0 Å². The van der Waals surface area contributed by atoms with Crippen LogP contribution >= 0.6 is 0 Å². The number of hydrogen-bond donors (Lipinski definition) is 1. The van der Waals surface area contributed by atoms with E-state index < -0.39 is 5.91 Å². The lowest BCUT2D eigenvalue weighted by atomic mass is 9.82. The van der Waals surface area contributed by atoms with Crippen molar-refractivity contribution in [2.45, 2.75) is 72.0 Å². The number of Topliss-reactive ketones (excluding diaryl/α,β-unsaturated/α-hetero) is 1. The molecule has 1 saturated heterocycles. The van der Waals surface area contributed by atoms with Crippen molar-refractivity contribution in [1.82, 2.24) is 14.7 Å². The molecular weight excluding hydrogens is 392 g/mol. The molecule has 0 unspecified atom stereocenters. The van der Waals surface area contributed by atoms with E-state index in [1.54, 1.807) is 11.0 Å². The van der Waals surface area contributed by atoms with Gasteiger partial charge in [0.1, 0.15) is 6.54 Å². The average molecular weight is 425 g/mol. The van der Waals surface area contributed by atoms with Gasteiger partial charge in [0.05, 0.1) is 11.6 Å². The number of ketones is 1. The summed E-state index contributed by atoms with van der Waals surface area (Å²) in [5, 5.41) is 4.94. The Morgan fingerprint density at radius 3 is 2.58 bits per heavy atom. The summed E-state index contributed by atoms with van der Waals surface area (Å²) in [6.07, 6.45) is 3.21. The van der Waals surface area contributed by atoms with Gasteiger partial charge < -0.3 is 10.6 Å². The number of amides is 2. The number of piperidine rings is 1. The van der Waals surface area contributed by atoms with Gasteiger partial charge in [-0.1, -0.05) is 45.9 Å². The van der Waals surface area contributed by atoms with Crippen molar-refractivity contribution in [3.05, 3.63) is 30.0 Å². The van der Waals surface area contributed by atoms with Crippen LogP contribution in [0.4, 0.5) is 0 Å². The molecule has 2 amide bonds. The first-order valence-electron chi connectivity index (χ1n) is 11.1. The molecule has 2 fully saturated rings. The molecule has 7 heteroatoms. The monoisotopic (exact) mass is 424 g/mol. The quantitative estimate of drug-likeness (QED) is 0.738. The Morgan fingerprint density at radius 1 is 1.19 bits per heavy atom. The van der Waals surface area contributed by atoms with E-state index in [-0.39, 0.29) is 47.3 Å². The summed E-state index contributed by atoms with van der Waals surface area (Å²) in [6, 6.07) is 7.08. The molecule has 2 heterocycles. The molecule has 31 heavy (non-hydrogen) atoms. The maximum atomic E-state index is 13.3. The van der Waals surface area contributed by atoms with E-state index in [1.807, 2.05) is 18.2 Å². The largest absolute Gasteiger partial charge is 0.364 e. The van der Waals surface area contributed by atoms with Crippen LogP contribution in [0.5, 0.6) is 0 Å². The highest BCUT2D eigenvalue weighted by atomic mass is 16.2. The number of nitrogens with two attached hydrogens (primary N) is 1. The Labute approximate surface area is 182 Å². The SMILES string of the molecule is C[C@@H](CC(=O)[C@@H]1C[C@H]2C[C@H]2N1C(=O)Cn1nc(C(N)=O)c2ccccc21)CC(C)(C)C. The van der Waals surface area contributed by atoms with E-state index in [1.165, 1.54) is 4.68 Å². The molecule has 0 spiro atoms. The van der Waals surface area contributed by atoms with E-state index in [0.29, 0.717) is 23.2 Å². The smallest absolute Gasteiger partial charge is 0.269 e. The number of nitrogens with zero attached hydrogens (tertiary/aromatic N) is 3. The van der Waals surface area contributed by atoms with Crippen LogP contribution in [0.3, 0.4) is 0 Å². The summed E-state index contributed by atoms with van der Waals surface area (Å²) in [4.78, 5) is 40.0. The molecule has 0 bridgehead atoms. The van der Waals surface area contributed by atoms with Crippen LogP contribution in [0.1, 0.15) is 63.9 Å². The highest BCUT2D eigenvalue weighted by Crippen LogP contribution is 2.48. The second-order valence-corrected chi connectivity index (χ2v) is 10.5. The molecule has 2 N–H and O–H groups in total. The Hall–Kier alpha value is -2.70. The van der Waals surface area contributed by atoms with Gasteiger partial charge in [0, 0.05) is 17.8 Å². The number of benzene rings is 1. The number of aromatic nitrogens is 2. The second kappa shape index (κ2) is 7.77. The van der Waals surface area contributed by atoms with Crippen LogP contribution in [0.25, 0.3) is 10.9 Å². The maximum absolute atomic E-state index is 13.3. The van der Waals surface area contributed by atoms with Gasteiger partial charge in [-0.15, -0.1) is 0 Å². The zero-order valence-electron chi connectivity index (χ0n) is 18.8. The lowest BCUT2D eigenvalue weighted by Gasteiger charge is -2.29. The van der Waals surface area contributed by atoms with Crippen LogP contribution < -0.4 is 5.73 Å². The van der Waals surface area contributed by atoms with E-state index in [2.05, 4.69) is 32.8 Å². The minimum atomic E-state index is -0.619. The van der Waals surface area contributed by atoms with E-state index in [4.69, 9.17) is 5.73 Å². The third-order valence-corrected chi connectivity index (χ3v) is 6.45. The van der Waals surface area contributed by atoms with Gasteiger partial charge in [-0.05, 0) is 42.6 Å². The number of primary amides is 1. The predicted octanol–water partition coefficient (Wildman–Crippen LogP) is 3.16. The lowest BCUT2D eigenvalue weighted by molar-refractivity contribution is -0.139. The number of carbonyl (C=O) groups excluding carboxylic acids is 3. The summed E-state index contributed by atoms with van der Waals surface area (Å²) >= 11 is 0. The van der Waals surface area contributed by atoms with Crippen molar-refractivity contribution in [3.8, 4) is 0 Å². The lowest BCUT2D eigenvalue weighted by Crippen LogP contribution is -2.45. The fourth-order valence-corrected chi connectivity index (χ4v) is 5.34. The highest BCUT2D eigenvalue weighted by molar-refractivity contribution is 6.04. The number of para-hydroxylation sites is 1. The normalized spacial score (nSPS) is 23.6. The zero-order chi connectivity index (χ0) is 22.5. The van der Waals surface area contributed by atoms with Crippen LogP contribution in [0, 0.1) is 17.3 Å². The summed E-state index contributed by atoms with van der Waals surface area (Å²) in [6.45, 7) is 8.67. The Kier molecular flexibility index (Phi) is 5.40. The summed E-state index contributed by atoms with van der Waals surface area (Å²) in [5.74, 6) is 0.157. The van der Waals surface area contributed by atoms with Crippen molar-refractivity contribution in [1.29, 1.82) is 0 Å². The molecule has 1 aliphatic heterocycles. The summed E-state index contributed by atoms with van der Waals surface area (Å²) < 4.78 is 1.54. The predicted molar refractivity (Wildman–Crippen MR) is 118 cm³/mol. The van der Waals surface area contributed by atoms with E-state index >= 15 is 0 Å². The van der Waals surface area contributed by atoms with E-state index in [9.17, 15) is 14.4 Å². The number of likely N-dealkylation sites (tertiary alicyclic amines) is 1. The minimum absolute atomic E-state index is 0.00165. The first kappa shape index (κ1) is 21.5. The molecule has 1 aliphatic carbocycles. The number of hydrogen-bond acceptors (Lipinski definition) is 4. The van der Waals surface area contributed by atoms with Gasteiger partial charge in [0.15, 0.2) is 11.5 Å². The zero-order valence-corrected chi connectivity index (χ0v) is 18.8. The molecule has 1 saturated carbocycles. The Bertz CT molecular complexity index is 1040. The Balaban J connectivity index is 1.51. The highest BCUT2D eigenvalue weighted by Gasteiger charge is 2.55. The number of carbonyl (C=O) groups is 3. The Morgan fingerprint density at radius 2 is 1.90 bits per heavy atom. The fourth-order valence-electron chi connectivity index (χ4n) is 5.34. The van der Waals surface area contributed by atoms with Crippen molar-refractivity contribution in [3.63, 3.8) is 0 Å². The molecule has 7 nitrogen and oxygen atoms in total. The molecule has 2 aromatic rings. The molecule has 166 valence electrons. The van der Waals surface area contributed by atoms with Gasteiger partial charge in [-0.2, -0.15) is 5.10 Å². The average Bonchev–Trinajstić information content (AvgIpc) is 3.16. The van der Waals surface area contributed by atoms with Crippen molar-refractivity contribution >= 4 is 28.5 Å². The minimum Gasteiger partial charge on any atom is -0.364 e. The fraction of sp³-hybridized carbons (Fsp3) is 0.583. The standard InChI is InChI=1S/C24H32N4O3/c1-14(12-24(2,3)4)9-20(29)19-11-15-10-18(15)28(19)21(30)13-27-17-8-6-5-7-16(17)22(26-27)23(25)31/h5-8,14-15,18-19H,9-13H2,1-4H3,(H2,25,31)/t14-,15+,18+,19-/m0/s1. The van der Waals surface area contributed by atoms with Crippen molar-refractivity contribution < 1.29 is 14.4 Å². The third-order valence-electron chi connectivity index (χ3n) is 6.45. The molecule has 4 atom stereocenters. The second-order valence-electron chi connectivity index (χ2n) is 10.5. The molecule has 2 aliphatic rings. The first-order valence-corrected chi connectivity index (χ1v) is 11.1. The van der Waals surface area contributed by atoms with Crippen LogP contribution in [-0.2, 0) is 16.1 Å². The molecule has 0 radical (unpaired) electrons. The first-order chi connectivity index (χ1) is 14.5. The topological polar surface area (TPSA) is 98.3 Å². The number of rotatable bonds is 7. The van der Waals surface area contributed by atoms with Crippen molar-refractivity contribution in [2.75, 3.05) is 0 Å². The maximum Gasteiger partial charge on any atom is 0.269 e. The van der Waals surface area contributed by atoms with Crippen LogP contribution in [0.15, 0.2) is 24.3 Å². The van der Waals surface area contributed by atoms with Gasteiger partial charge in [0.2, 0.25) is 5.91 Å².